The van der Waals surface area contributed by atoms with Gasteiger partial charge in [-0.05, 0) is 30.9 Å². The molecule has 1 aliphatic heterocycles. The molecule has 1 aromatic carbocycles. The van der Waals surface area contributed by atoms with Crippen LogP contribution in [-0.2, 0) is 14.3 Å². The van der Waals surface area contributed by atoms with Crippen LogP contribution in [0.2, 0.25) is 0 Å². The van der Waals surface area contributed by atoms with Crippen LogP contribution in [0.5, 0.6) is 11.5 Å². The summed E-state index contributed by atoms with van der Waals surface area (Å²) in [6, 6.07) is 5.01. The number of benzene rings is 1. The average Bonchev–Trinajstić information content (AvgIpc) is 2.75. The van der Waals surface area contributed by atoms with E-state index < -0.39 is 0 Å². The largest absolute Gasteiger partial charge is 0.497 e. The molecule has 1 heterocycles. The third kappa shape index (κ3) is 6.14. The Hall–Kier alpha value is -2.77. The van der Waals surface area contributed by atoms with Crippen LogP contribution in [0.4, 0.5) is 0 Å². The Kier molecular flexibility index (Phi) is 8.10. The number of nitrogens with one attached hydrogen (secondary N) is 1. The number of nitrogens with zero attached hydrogens (tertiary/aromatic N) is 1. The van der Waals surface area contributed by atoms with E-state index in [2.05, 4.69) is 10.1 Å². The number of ether oxygens (including phenoxy) is 3. The van der Waals surface area contributed by atoms with Gasteiger partial charge in [0.15, 0.2) is 0 Å². The summed E-state index contributed by atoms with van der Waals surface area (Å²) in [6.07, 6.45) is 2.04. The summed E-state index contributed by atoms with van der Waals surface area (Å²) in [5.41, 5.74) is 0.456. The topological polar surface area (TPSA) is 94.2 Å². The molecule has 0 saturated carbocycles. The second-order valence-electron chi connectivity index (χ2n) is 6.74. The van der Waals surface area contributed by atoms with Gasteiger partial charge in [0.2, 0.25) is 5.91 Å². The first kappa shape index (κ1) is 21.5. The molecule has 1 atom stereocenters. The lowest BCUT2D eigenvalue weighted by molar-refractivity contribution is -0.144. The molecule has 8 nitrogen and oxygen atoms in total. The zero-order valence-electron chi connectivity index (χ0n) is 16.7. The molecule has 1 aliphatic rings. The van der Waals surface area contributed by atoms with Crippen molar-refractivity contribution < 1.29 is 28.6 Å². The van der Waals surface area contributed by atoms with Crippen molar-refractivity contribution in [3.63, 3.8) is 0 Å². The molecule has 0 unspecified atom stereocenters. The fraction of sp³-hybridized carbons (Fsp3) is 0.550. The highest BCUT2D eigenvalue weighted by Crippen LogP contribution is 2.23. The lowest BCUT2D eigenvalue weighted by Crippen LogP contribution is -2.43. The number of methoxy groups -OCH3 is 3. The molecule has 0 radical (unpaired) electrons. The summed E-state index contributed by atoms with van der Waals surface area (Å²) >= 11 is 0. The second-order valence-corrected chi connectivity index (χ2v) is 6.74. The maximum Gasteiger partial charge on any atom is 0.306 e. The minimum Gasteiger partial charge on any atom is -0.497 e. The Labute approximate surface area is 165 Å². The zero-order valence-corrected chi connectivity index (χ0v) is 16.7. The van der Waals surface area contributed by atoms with E-state index in [-0.39, 0.29) is 36.5 Å². The van der Waals surface area contributed by atoms with E-state index in [4.69, 9.17) is 9.47 Å². The van der Waals surface area contributed by atoms with Crippen LogP contribution in [0.15, 0.2) is 18.2 Å². The monoisotopic (exact) mass is 392 g/mol. The van der Waals surface area contributed by atoms with Gasteiger partial charge in [-0.25, -0.2) is 0 Å². The van der Waals surface area contributed by atoms with Crippen LogP contribution >= 0.6 is 0 Å². The highest BCUT2D eigenvalue weighted by molar-refractivity contribution is 5.95. The maximum atomic E-state index is 12.5. The second kappa shape index (κ2) is 10.5. The minimum absolute atomic E-state index is 0.0565. The molecule has 8 heteroatoms. The maximum absolute atomic E-state index is 12.5. The van der Waals surface area contributed by atoms with Gasteiger partial charge in [-0.15, -0.1) is 0 Å². The smallest absolute Gasteiger partial charge is 0.306 e. The van der Waals surface area contributed by atoms with Gasteiger partial charge in [0.05, 0.1) is 27.8 Å². The standard InChI is InChI=1S/C20H28N2O6/c1-26-16-9-15(10-17(11-16)27-2)20(25)21-12-14-5-4-8-22(13-14)18(23)6-7-19(24)28-3/h9-11,14H,4-8,12-13H2,1-3H3,(H,21,25)/t14-/m1/s1. The van der Waals surface area contributed by atoms with Gasteiger partial charge in [0, 0.05) is 37.7 Å². The molecule has 28 heavy (non-hydrogen) atoms. The molecule has 1 fully saturated rings. The molecular formula is C20H28N2O6. The Balaban J connectivity index is 1.87. The molecule has 2 amide bonds. The first-order valence-electron chi connectivity index (χ1n) is 9.32. The quantitative estimate of drug-likeness (QED) is 0.676. The van der Waals surface area contributed by atoms with Gasteiger partial charge >= 0.3 is 5.97 Å². The van der Waals surface area contributed by atoms with Crippen molar-refractivity contribution >= 4 is 17.8 Å². The van der Waals surface area contributed by atoms with Crippen LogP contribution in [0, 0.1) is 5.92 Å². The molecule has 2 rings (SSSR count). The Morgan fingerprint density at radius 2 is 1.75 bits per heavy atom. The van der Waals surface area contributed by atoms with Gasteiger partial charge in [-0.3, -0.25) is 14.4 Å². The van der Waals surface area contributed by atoms with E-state index >= 15 is 0 Å². The van der Waals surface area contributed by atoms with Crippen molar-refractivity contribution in [2.75, 3.05) is 41.0 Å². The Bertz CT molecular complexity index is 684. The van der Waals surface area contributed by atoms with Gasteiger partial charge in [-0.1, -0.05) is 0 Å². The molecular weight excluding hydrogens is 364 g/mol. The fourth-order valence-electron chi connectivity index (χ4n) is 3.21. The first-order chi connectivity index (χ1) is 13.5. The summed E-state index contributed by atoms with van der Waals surface area (Å²) in [4.78, 5) is 37.7. The highest BCUT2D eigenvalue weighted by Gasteiger charge is 2.24. The first-order valence-corrected chi connectivity index (χ1v) is 9.32. The van der Waals surface area contributed by atoms with Crippen molar-refractivity contribution in [1.29, 1.82) is 0 Å². The van der Waals surface area contributed by atoms with E-state index in [0.29, 0.717) is 36.7 Å². The molecule has 0 bridgehead atoms. The number of hydrogen-bond donors (Lipinski definition) is 1. The molecule has 0 aromatic heterocycles. The highest BCUT2D eigenvalue weighted by atomic mass is 16.5. The summed E-state index contributed by atoms with van der Waals surface area (Å²) in [5, 5.41) is 2.93. The van der Waals surface area contributed by atoms with Gasteiger partial charge in [0.25, 0.3) is 5.91 Å². The van der Waals surface area contributed by atoms with E-state index in [1.807, 2.05) is 0 Å². The summed E-state index contributed by atoms with van der Waals surface area (Å²) in [7, 11) is 4.37. The lowest BCUT2D eigenvalue weighted by atomic mass is 9.97. The molecule has 1 saturated heterocycles. The van der Waals surface area contributed by atoms with Crippen molar-refractivity contribution in [3.8, 4) is 11.5 Å². The van der Waals surface area contributed by atoms with Crippen molar-refractivity contribution in [3.05, 3.63) is 23.8 Å². The fourth-order valence-corrected chi connectivity index (χ4v) is 3.21. The molecule has 0 spiro atoms. The van der Waals surface area contributed by atoms with E-state index in [1.165, 1.54) is 21.3 Å². The SMILES string of the molecule is COC(=O)CCC(=O)N1CCC[C@H](CNC(=O)c2cc(OC)cc(OC)c2)C1. The predicted octanol–water partition coefficient (Wildman–Crippen LogP) is 1.63. The Morgan fingerprint density at radius 3 is 2.36 bits per heavy atom. The molecule has 1 N–H and O–H groups in total. The van der Waals surface area contributed by atoms with Crippen molar-refractivity contribution in [2.45, 2.75) is 25.7 Å². The summed E-state index contributed by atoms with van der Waals surface area (Å²) < 4.78 is 15.0. The molecule has 1 aromatic rings. The number of carbonyl (C=O) groups excluding carboxylic acids is 3. The van der Waals surface area contributed by atoms with Crippen LogP contribution in [0.3, 0.4) is 0 Å². The number of carbonyl (C=O) groups is 3. The number of amides is 2. The van der Waals surface area contributed by atoms with Crippen LogP contribution in [0.1, 0.15) is 36.0 Å². The van der Waals surface area contributed by atoms with Crippen LogP contribution < -0.4 is 14.8 Å². The third-order valence-corrected chi connectivity index (χ3v) is 4.81. The van der Waals surface area contributed by atoms with Gasteiger partial charge < -0.3 is 24.4 Å². The van der Waals surface area contributed by atoms with Crippen molar-refractivity contribution in [1.82, 2.24) is 10.2 Å². The number of esters is 1. The van der Waals surface area contributed by atoms with Gasteiger partial charge in [-0.2, -0.15) is 0 Å². The van der Waals surface area contributed by atoms with E-state index in [0.717, 1.165) is 12.8 Å². The van der Waals surface area contributed by atoms with Crippen molar-refractivity contribution in [2.24, 2.45) is 5.92 Å². The van der Waals surface area contributed by atoms with E-state index in [1.54, 1.807) is 23.1 Å². The molecule has 0 aliphatic carbocycles. The van der Waals surface area contributed by atoms with Crippen LogP contribution in [0.25, 0.3) is 0 Å². The third-order valence-electron chi connectivity index (χ3n) is 4.81. The Morgan fingerprint density at radius 1 is 1.07 bits per heavy atom. The lowest BCUT2D eigenvalue weighted by Gasteiger charge is -2.33. The number of hydrogen-bond acceptors (Lipinski definition) is 6. The zero-order chi connectivity index (χ0) is 20.5. The average molecular weight is 392 g/mol. The van der Waals surface area contributed by atoms with Crippen LogP contribution in [-0.4, -0.2) is 63.6 Å². The number of likely N-dealkylation sites (tertiary alicyclic amines) is 1. The summed E-state index contributed by atoms with van der Waals surface area (Å²) in [6.45, 7) is 1.72. The minimum atomic E-state index is -0.386. The predicted molar refractivity (Wildman–Crippen MR) is 102 cm³/mol. The van der Waals surface area contributed by atoms with E-state index in [9.17, 15) is 14.4 Å². The molecule has 154 valence electrons. The van der Waals surface area contributed by atoms with Gasteiger partial charge in [0.1, 0.15) is 11.5 Å². The number of rotatable bonds is 8. The summed E-state index contributed by atoms with van der Waals surface area (Å²) in [5.74, 6) is 0.606. The normalized spacial score (nSPS) is 16.2. The number of piperidine rings is 1.